The Morgan fingerprint density at radius 2 is 2.12 bits per heavy atom. The molecule has 0 fully saturated rings. The zero-order chi connectivity index (χ0) is 12.3. The Labute approximate surface area is 96.9 Å². The number of carbonyl (C=O) groups is 2. The van der Waals surface area contributed by atoms with Crippen molar-refractivity contribution in [3.63, 3.8) is 0 Å². The van der Waals surface area contributed by atoms with E-state index in [-0.39, 0.29) is 19.0 Å². The lowest BCUT2D eigenvalue weighted by Crippen LogP contribution is -2.31. The lowest BCUT2D eigenvalue weighted by Gasteiger charge is -2.04. The summed E-state index contributed by atoms with van der Waals surface area (Å²) in [6, 6.07) is 7.42. The summed E-state index contributed by atoms with van der Waals surface area (Å²) in [5.41, 5.74) is 1.65. The van der Waals surface area contributed by atoms with Gasteiger partial charge in [0.15, 0.2) is 0 Å². The van der Waals surface area contributed by atoms with E-state index in [1.807, 2.05) is 24.3 Å². The largest absolute Gasteiger partial charge is 0.480 e. The van der Waals surface area contributed by atoms with Gasteiger partial charge >= 0.3 is 5.97 Å². The van der Waals surface area contributed by atoms with Crippen LogP contribution in [-0.4, -0.2) is 33.1 Å². The summed E-state index contributed by atoms with van der Waals surface area (Å²) in [7, 11) is 0. The Hall–Kier alpha value is -2.37. The SMILES string of the molecule is O=C(O)CNC(=O)Cn1cnc2ccccc21. The lowest BCUT2D eigenvalue weighted by atomic mass is 10.3. The van der Waals surface area contributed by atoms with Gasteiger partial charge in [-0.2, -0.15) is 0 Å². The Morgan fingerprint density at radius 3 is 2.88 bits per heavy atom. The maximum atomic E-state index is 11.4. The lowest BCUT2D eigenvalue weighted by molar-refractivity contribution is -0.138. The van der Waals surface area contributed by atoms with Gasteiger partial charge in [-0.05, 0) is 12.1 Å². The van der Waals surface area contributed by atoms with Crippen LogP contribution in [0.15, 0.2) is 30.6 Å². The summed E-state index contributed by atoms with van der Waals surface area (Å²) in [6.45, 7) is -0.306. The number of carboxylic acid groups (broad SMARTS) is 1. The highest BCUT2D eigenvalue weighted by atomic mass is 16.4. The highest BCUT2D eigenvalue weighted by Crippen LogP contribution is 2.11. The summed E-state index contributed by atoms with van der Waals surface area (Å²) in [5, 5.41) is 10.7. The van der Waals surface area contributed by atoms with Gasteiger partial charge in [0.25, 0.3) is 0 Å². The van der Waals surface area contributed by atoms with Gasteiger partial charge in [-0.25, -0.2) is 4.98 Å². The minimum absolute atomic E-state index is 0.0633. The van der Waals surface area contributed by atoms with Crippen molar-refractivity contribution < 1.29 is 14.7 Å². The molecule has 0 atom stereocenters. The van der Waals surface area contributed by atoms with Crippen LogP contribution in [0.4, 0.5) is 0 Å². The normalized spacial score (nSPS) is 10.4. The van der Waals surface area contributed by atoms with E-state index in [2.05, 4.69) is 10.3 Å². The van der Waals surface area contributed by atoms with Gasteiger partial charge < -0.3 is 15.0 Å². The van der Waals surface area contributed by atoms with Gasteiger partial charge in [0.1, 0.15) is 13.1 Å². The number of para-hydroxylation sites is 2. The number of benzene rings is 1. The molecule has 0 unspecified atom stereocenters. The molecule has 1 amide bonds. The second-order valence-electron chi connectivity index (χ2n) is 3.53. The van der Waals surface area contributed by atoms with Crippen LogP contribution in [0.3, 0.4) is 0 Å². The van der Waals surface area contributed by atoms with Crippen molar-refractivity contribution in [1.82, 2.24) is 14.9 Å². The molecule has 17 heavy (non-hydrogen) atoms. The molecule has 2 aromatic rings. The highest BCUT2D eigenvalue weighted by Gasteiger charge is 2.07. The number of aliphatic carboxylic acids is 1. The summed E-state index contributed by atoms with van der Waals surface area (Å²) in [6.07, 6.45) is 1.56. The molecular formula is C11H11N3O3. The number of carboxylic acids is 1. The van der Waals surface area contributed by atoms with E-state index < -0.39 is 5.97 Å². The molecule has 0 saturated carbocycles. The molecule has 6 nitrogen and oxygen atoms in total. The molecule has 88 valence electrons. The smallest absolute Gasteiger partial charge is 0.322 e. The minimum atomic E-state index is -1.06. The molecule has 6 heteroatoms. The van der Waals surface area contributed by atoms with Crippen molar-refractivity contribution in [2.75, 3.05) is 6.54 Å². The van der Waals surface area contributed by atoms with Crippen LogP contribution in [0, 0.1) is 0 Å². The van der Waals surface area contributed by atoms with Crippen LogP contribution in [0.1, 0.15) is 0 Å². The molecule has 1 aromatic carbocycles. The van der Waals surface area contributed by atoms with Crippen molar-refractivity contribution in [3.8, 4) is 0 Å². The molecule has 2 rings (SSSR count). The molecule has 0 aliphatic heterocycles. The predicted octanol–water partition coefficient (Wildman–Crippen LogP) is 0.237. The van der Waals surface area contributed by atoms with Crippen LogP contribution in [-0.2, 0) is 16.1 Å². The third kappa shape index (κ3) is 2.60. The van der Waals surface area contributed by atoms with Gasteiger partial charge in [0.05, 0.1) is 17.4 Å². The van der Waals surface area contributed by atoms with Crippen LogP contribution in [0.2, 0.25) is 0 Å². The summed E-state index contributed by atoms with van der Waals surface area (Å²) in [5.74, 6) is -1.41. The summed E-state index contributed by atoms with van der Waals surface area (Å²) in [4.78, 5) is 25.9. The quantitative estimate of drug-likeness (QED) is 0.792. The topological polar surface area (TPSA) is 84.2 Å². The third-order valence-electron chi connectivity index (χ3n) is 2.28. The van der Waals surface area contributed by atoms with E-state index >= 15 is 0 Å². The number of hydrogen-bond acceptors (Lipinski definition) is 3. The maximum Gasteiger partial charge on any atom is 0.322 e. The molecule has 0 aliphatic rings. The van der Waals surface area contributed by atoms with Crippen molar-refractivity contribution in [1.29, 1.82) is 0 Å². The van der Waals surface area contributed by atoms with Crippen LogP contribution in [0.25, 0.3) is 11.0 Å². The maximum absolute atomic E-state index is 11.4. The van der Waals surface area contributed by atoms with Crippen molar-refractivity contribution in [2.45, 2.75) is 6.54 Å². The molecule has 0 radical (unpaired) electrons. The number of nitrogens with zero attached hydrogens (tertiary/aromatic N) is 2. The van der Waals surface area contributed by atoms with E-state index in [1.54, 1.807) is 10.9 Å². The fraction of sp³-hybridized carbons (Fsp3) is 0.182. The molecule has 2 N–H and O–H groups in total. The van der Waals surface area contributed by atoms with E-state index in [9.17, 15) is 9.59 Å². The Morgan fingerprint density at radius 1 is 1.35 bits per heavy atom. The number of amides is 1. The van der Waals surface area contributed by atoms with E-state index in [1.165, 1.54) is 0 Å². The zero-order valence-electron chi connectivity index (χ0n) is 8.96. The fourth-order valence-electron chi connectivity index (χ4n) is 1.52. The van der Waals surface area contributed by atoms with E-state index in [0.29, 0.717) is 0 Å². The van der Waals surface area contributed by atoms with E-state index in [4.69, 9.17) is 5.11 Å². The molecule has 1 heterocycles. The highest BCUT2D eigenvalue weighted by molar-refractivity contribution is 5.83. The van der Waals surface area contributed by atoms with Crippen molar-refractivity contribution in [3.05, 3.63) is 30.6 Å². The first-order valence-electron chi connectivity index (χ1n) is 5.05. The number of aromatic nitrogens is 2. The molecule has 0 bridgehead atoms. The monoisotopic (exact) mass is 233 g/mol. The van der Waals surface area contributed by atoms with Crippen LogP contribution >= 0.6 is 0 Å². The Kier molecular flexibility index (Phi) is 3.04. The number of imidazole rings is 1. The second-order valence-corrected chi connectivity index (χ2v) is 3.53. The average Bonchev–Trinajstić information content (AvgIpc) is 2.70. The Bertz CT molecular complexity index is 562. The second kappa shape index (κ2) is 4.65. The predicted molar refractivity (Wildman–Crippen MR) is 60.4 cm³/mol. The number of rotatable bonds is 4. The van der Waals surface area contributed by atoms with Gasteiger partial charge in [-0.15, -0.1) is 0 Å². The average molecular weight is 233 g/mol. The zero-order valence-corrected chi connectivity index (χ0v) is 8.96. The Balaban J connectivity index is 2.08. The molecule has 0 saturated heterocycles. The van der Waals surface area contributed by atoms with Crippen LogP contribution in [0.5, 0.6) is 0 Å². The number of hydrogen-bond donors (Lipinski definition) is 2. The van der Waals surface area contributed by atoms with Crippen molar-refractivity contribution >= 4 is 22.9 Å². The van der Waals surface area contributed by atoms with Gasteiger partial charge in [-0.1, -0.05) is 12.1 Å². The first kappa shape index (κ1) is 11.1. The van der Waals surface area contributed by atoms with Crippen LogP contribution < -0.4 is 5.32 Å². The number of fused-ring (bicyclic) bond motifs is 1. The number of carbonyl (C=O) groups excluding carboxylic acids is 1. The first-order chi connectivity index (χ1) is 8.16. The summed E-state index contributed by atoms with van der Waals surface area (Å²) < 4.78 is 1.67. The fourth-order valence-corrected chi connectivity index (χ4v) is 1.52. The van der Waals surface area contributed by atoms with Gasteiger partial charge in [0, 0.05) is 0 Å². The van der Waals surface area contributed by atoms with Gasteiger partial charge in [0.2, 0.25) is 5.91 Å². The molecule has 1 aromatic heterocycles. The number of nitrogens with one attached hydrogen (secondary N) is 1. The van der Waals surface area contributed by atoms with E-state index in [0.717, 1.165) is 11.0 Å². The standard InChI is InChI=1S/C11H11N3O3/c15-10(12-5-11(16)17)6-14-7-13-8-3-1-2-4-9(8)14/h1-4,7H,5-6H2,(H,12,15)(H,16,17). The van der Waals surface area contributed by atoms with Gasteiger partial charge in [-0.3, -0.25) is 9.59 Å². The minimum Gasteiger partial charge on any atom is -0.480 e. The van der Waals surface area contributed by atoms with Crippen molar-refractivity contribution in [2.24, 2.45) is 0 Å². The molecule has 0 spiro atoms. The molecule has 0 aliphatic carbocycles. The third-order valence-corrected chi connectivity index (χ3v) is 2.28. The first-order valence-corrected chi connectivity index (χ1v) is 5.05. The molecular weight excluding hydrogens is 222 g/mol. The summed E-state index contributed by atoms with van der Waals surface area (Å²) >= 11 is 0.